The Labute approximate surface area is 168 Å². The van der Waals surface area contributed by atoms with Gasteiger partial charge in [0.1, 0.15) is 11.4 Å². The molecule has 3 aromatic rings. The molecule has 2 amide bonds. The monoisotopic (exact) mass is 393 g/mol. The predicted molar refractivity (Wildman–Crippen MR) is 111 cm³/mol. The van der Waals surface area contributed by atoms with Crippen molar-refractivity contribution in [2.75, 3.05) is 5.32 Å². The summed E-state index contributed by atoms with van der Waals surface area (Å²) in [5.74, 6) is -0.711. The van der Waals surface area contributed by atoms with Crippen molar-refractivity contribution >= 4 is 29.1 Å². The number of anilines is 1. The third kappa shape index (κ3) is 4.96. The van der Waals surface area contributed by atoms with Gasteiger partial charge in [-0.05, 0) is 60.9 Å². The Morgan fingerprint density at radius 3 is 2.32 bits per heavy atom. The molecule has 3 rings (SSSR count). The number of carbonyl (C=O) groups excluding carboxylic acids is 2. The number of pyridine rings is 1. The number of carbonyl (C=O) groups is 2. The molecule has 0 spiro atoms. The Kier molecular flexibility index (Phi) is 6.06. The topological polar surface area (TPSA) is 71.1 Å². The van der Waals surface area contributed by atoms with Gasteiger partial charge in [0.15, 0.2) is 0 Å². The number of rotatable bonds is 5. The van der Waals surface area contributed by atoms with E-state index in [1.165, 1.54) is 0 Å². The maximum Gasteiger partial charge on any atom is 0.274 e. The number of hydrogen-bond donors (Lipinski definition) is 2. The highest BCUT2D eigenvalue weighted by atomic mass is 35.5. The maximum absolute atomic E-state index is 12.5. The number of amides is 2. The molecule has 0 aliphatic heterocycles. The van der Waals surface area contributed by atoms with Crippen molar-refractivity contribution in [1.82, 2.24) is 10.3 Å². The molecule has 0 atom stereocenters. The van der Waals surface area contributed by atoms with E-state index in [9.17, 15) is 9.59 Å². The second-order valence-corrected chi connectivity index (χ2v) is 6.93. The first-order valence-corrected chi connectivity index (χ1v) is 9.18. The van der Waals surface area contributed by atoms with E-state index in [0.29, 0.717) is 11.6 Å². The van der Waals surface area contributed by atoms with E-state index >= 15 is 0 Å². The molecule has 1 heterocycles. The van der Waals surface area contributed by atoms with E-state index in [-0.39, 0.29) is 23.2 Å². The largest absolute Gasteiger partial charge is 0.347 e. The number of nitrogens with one attached hydrogen (secondary N) is 2. The number of nitrogens with zero attached hydrogens (tertiary/aromatic N) is 1. The zero-order chi connectivity index (χ0) is 20.1. The summed E-state index contributed by atoms with van der Waals surface area (Å²) < 4.78 is 0. The summed E-state index contributed by atoms with van der Waals surface area (Å²) in [6, 6.07) is 17.8. The van der Waals surface area contributed by atoms with Crippen molar-refractivity contribution in [3.8, 4) is 0 Å². The smallest absolute Gasteiger partial charge is 0.274 e. The van der Waals surface area contributed by atoms with E-state index in [2.05, 4.69) is 15.6 Å². The molecule has 0 aliphatic rings. The third-order valence-electron chi connectivity index (χ3n) is 4.22. The SMILES string of the molecule is Cc1ccc(C)c(NC(=O)c2cccc(C(=O)NCc3ccc(Cl)cc3)n2)c1. The van der Waals surface area contributed by atoms with Gasteiger partial charge in [-0.3, -0.25) is 9.59 Å². The average Bonchev–Trinajstić information content (AvgIpc) is 2.70. The molecule has 0 bridgehead atoms. The van der Waals surface area contributed by atoms with Crippen molar-refractivity contribution in [3.05, 3.63) is 93.8 Å². The molecule has 0 aliphatic carbocycles. The minimum Gasteiger partial charge on any atom is -0.347 e. The Morgan fingerprint density at radius 2 is 1.61 bits per heavy atom. The van der Waals surface area contributed by atoms with Crippen LogP contribution in [-0.2, 0) is 6.54 Å². The summed E-state index contributed by atoms with van der Waals surface area (Å²) >= 11 is 5.86. The number of hydrogen-bond acceptors (Lipinski definition) is 3. The molecule has 0 saturated heterocycles. The number of aromatic nitrogens is 1. The molecule has 28 heavy (non-hydrogen) atoms. The first-order chi connectivity index (χ1) is 13.4. The number of benzene rings is 2. The fourth-order valence-corrected chi connectivity index (χ4v) is 2.75. The van der Waals surface area contributed by atoms with Gasteiger partial charge in [0, 0.05) is 17.3 Å². The van der Waals surface area contributed by atoms with E-state index in [4.69, 9.17) is 11.6 Å². The second kappa shape index (κ2) is 8.67. The minimum absolute atomic E-state index is 0.181. The highest BCUT2D eigenvalue weighted by Gasteiger charge is 2.13. The lowest BCUT2D eigenvalue weighted by Crippen LogP contribution is -2.25. The van der Waals surface area contributed by atoms with Crippen LogP contribution in [0.25, 0.3) is 0 Å². The molecule has 142 valence electrons. The predicted octanol–water partition coefficient (Wildman–Crippen LogP) is 4.53. The third-order valence-corrected chi connectivity index (χ3v) is 4.47. The van der Waals surface area contributed by atoms with E-state index in [0.717, 1.165) is 22.4 Å². The minimum atomic E-state index is -0.360. The molecule has 6 heteroatoms. The highest BCUT2D eigenvalue weighted by Crippen LogP contribution is 2.17. The van der Waals surface area contributed by atoms with Crippen LogP contribution < -0.4 is 10.6 Å². The van der Waals surface area contributed by atoms with Crippen molar-refractivity contribution in [2.45, 2.75) is 20.4 Å². The summed E-state index contributed by atoms with van der Waals surface area (Å²) in [5.41, 5.74) is 4.01. The van der Waals surface area contributed by atoms with Crippen LogP contribution in [0, 0.1) is 13.8 Å². The van der Waals surface area contributed by atoms with Crippen molar-refractivity contribution in [1.29, 1.82) is 0 Å². The van der Waals surface area contributed by atoms with Crippen LogP contribution in [0.3, 0.4) is 0 Å². The van der Waals surface area contributed by atoms with Gasteiger partial charge in [0.05, 0.1) is 0 Å². The summed E-state index contributed by atoms with van der Waals surface area (Å²) in [4.78, 5) is 29.1. The number of aryl methyl sites for hydroxylation is 2. The van der Waals surface area contributed by atoms with Crippen LogP contribution in [0.2, 0.25) is 5.02 Å². The Morgan fingerprint density at radius 1 is 0.929 bits per heavy atom. The Bertz CT molecular complexity index is 1020. The zero-order valence-corrected chi connectivity index (χ0v) is 16.4. The molecule has 0 radical (unpaired) electrons. The summed E-state index contributed by atoms with van der Waals surface area (Å²) in [6.45, 7) is 4.22. The maximum atomic E-state index is 12.5. The van der Waals surface area contributed by atoms with Gasteiger partial charge in [-0.2, -0.15) is 0 Å². The summed E-state index contributed by atoms with van der Waals surface area (Å²) in [6.07, 6.45) is 0. The van der Waals surface area contributed by atoms with E-state index in [1.807, 2.05) is 44.2 Å². The van der Waals surface area contributed by atoms with Gasteiger partial charge in [-0.1, -0.05) is 41.9 Å². The highest BCUT2D eigenvalue weighted by molar-refractivity contribution is 6.30. The lowest BCUT2D eigenvalue weighted by atomic mass is 10.1. The van der Waals surface area contributed by atoms with Crippen LogP contribution in [0.5, 0.6) is 0 Å². The van der Waals surface area contributed by atoms with Crippen LogP contribution in [0.1, 0.15) is 37.7 Å². The van der Waals surface area contributed by atoms with Gasteiger partial charge in [-0.25, -0.2) is 4.98 Å². The first kappa shape index (κ1) is 19.6. The molecule has 5 nitrogen and oxygen atoms in total. The van der Waals surface area contributed by atoms with Crippen LogP contribution in [0.15, 0.2) is 60.7 Å². The van der Waals surface area contributed by atoms with Gasteiger partial charge in [0.2, 0.25) is 0 Å². The van der Waals surface area contributed by atoms with Crippen LogP contribution in [0.4, 0.5) is 5.69 Å². The molecule has 0 saturated carbocycles. The normalized spacial score (nSPS) is 10.4. The van der Waals surface area contributed by atoms with Gasteiger partial charge < -0.3 is 10.6 Å². The first-order valence-electron chi connectivity index (χ1n) is 8.80. The van der Waals surface area contributed by atoms with Crippen LogP contribution >= 0.6 is 11.6 Å². The molecule has 1 aromatic heterocycles. The number of halogens is 1. The quantitative estimate of drug-likeness (QED) is 0.668. The summed E-state index contributed by atoms with van der Waals surface area (Å²) in [7, 11) is 0. The summed E-state index contributed by atoms with van der Waals surface area (Å²) in [5, 5.41) is 6.28. The molecule has 0 fully saturated rings. The fourth-order valence-electron chi connectivity index (χ4n) is 2.62. The van der Waals surface area contributed by atoms with Gasteiger partial charge >= 0.3 is 0 Å². The molecule has 0 unspecified atom stereocenters. The lowest BCUT2D eigenvalue weighted by molar-refractivity contribution is 0.0945. The molecule has 2 N–H and O–H groups in total. The average molecular weight is 394 g/mol. The van der Waals surface area contributed by atoms with Crippen LogP contribution in [-0.4, -0.2) is 16.8 Å². The van der Waals surface area contributed by atoms with Crippen molar-refractivity contribution in [2.24, 2.45) is 0 Å². The zero-order valence-electron chi connectivity index (χ0n) is 15.6. The molecular weight excluding hydrogens is 374 g/mol. The van der Waals surface area contributed by atoms with Gasteiger partial charge in [0.25, 0.3) is 11.8 Å². The van der Waals surface area contributed by atoms with E-state index in [1.54, 1.807) is 30.3 Å². The Hall–Kier alpha value is -3.18. The van der Waals surface area contributed by atoms with E-state index < -0.39 is 0 Å². The Balaban J connectivity index is 1.68. The molecular formula is C22H20ClN3O2. The lowest BCUT2D eigenvalue weighted by Gasteiger charge is -2.10. The fraction of sp³-hybridized carbons (Fsp3) is 0.136. The standard InChI is InChI=1S/C22H20ClN3O2/c1-14-6-7-15(2)20(12-14)26-22(28)19-5-3-4-18(25-19)21(27)24-13-16-8-10-17(23)11-9-16/h3-12H,13H2,1-2H3,(H,24,27)(H,26,28). The second-order valence-electron chi connectivity index (χ2n) is 6.49. The van der Waals surface area contributed by atoms with Crippen molar-refractivity contribution in [3.63, 3.8) is 0 Å². The molecule has 2 aromatic carbocycles. The van der Waals surface area contributed by atoms with Crippen molar-refractivity contribution < 1.29 is 9.59 Å². The van der Waals surface area contributed by atoms with Gasteiger partial charge in [-0.15, -0.1) is 0 Å².